The van der Waals surface area contributed by atoms with E-state index in [1.165, 1.54) is 23.6 Å². The molecule has 0 saturated carbocycles. The first-order valence-electron chi connectivity index (χ1n) is 20.2. The van der Waals surface area contributed by atoms with Gasteiger partial charge in [0.1, 0.15) is 6.04 Å². The third kappa shape index (κ3) is 21.6. The Labute approximate surface area is 356 Å². The van der Waals surface area contributed by atoms with Crippen LogP contribution >= 0.6 is 0 Å². The zero-order chi connectivity index (χ0) is 44.5. The average Bonchev–Trinajstić information content (AvgIpc) is 3.18. The monoisotopic (exact) mass is 840 g/mol. The van der Waals surface area contributed by atoms with Crippen molar-refractivity contribution in [1.82, 2.24) is 0 Å². The third-order valence-corrected chi connectivity index (χ3v) is 19.1. The minimum atomic E-state index is -2.17. The highest BCUT2D eigenvalue weighted by atomic mass is 28.4. The Morgan fingerprint density at radius 2 is 1.10 bits per heavy atom. The Morgan fingerprint density at radius 3 is 1.51 bits per heavy atom. The molecule has 4 aromatic rings. The number of nitrogens with zero attached hydrogens (tertiary/aromatic N) is 4. The number of hydroxylamine groups is 1. The lowest BCUT2D eigenvalue weighted by Crippen LogP contribution is -2.51. The van der Waals surface area contributed by atoms with Gasteiger partial charge in [0, 0.05) is 11.8 Å². The molecule has 320 valence electrons. The van der Waals surface area contributed by atoms with Gasteiger partial charge in [0.15, 0.2) is 8.32 Å². The fourth-order valence-corrected chi connectivity index (χ4v) is 6.82. The van der Waals surface area contributed by atoms with Gasteiger partial charge in [0.2, 0.25) is 21.1 Å². The number of aryl methyl sites for hydroxylation is 2. The number of allylic oxidation sites excluding steroid dienone is 1. The van der Waals surface area contributed by atoms with Gasteiger partial charge in [-0.3, -0.25) is 25.3 Å². The number of hydrogen-bond donors (Lipinski definition) is 0. The van der Waals surface area contributed by atoms with Crippen molar-refractivity contribution in [1.29, 1.82) is 5.26 Å². The first-order valence-corrected chi connectivity index (χ1v) is 26.0. The van der Waals surface area contributed by atoms with Crippen LogP contribution < -0.4 is 5.06 Å². The Bertz CT molecular complexity index is 1830. The largest absolute Gasteiger partial charge is 0.413 e. The number of hydrogen-bond acceptors (Lipinski definition) is 8. The van der Waals surface area contributed by atoms with Gasteiger partial charge in [-0.15, -0.1) is 0 Å². The highest BCUT2D eigenvalue weighted by Crippen LogP contribution is 2.39. The topological polar surface area (TPSA) is 132 Å². The van der Waals surface area contributed by atoms with Crippen LogP contribution in [0.3, 0.4) is 0 Å². The summed E-state index contributed by atoms with van der Waals surface area (Å²) in [5.74, 6) is 0. The van der Waals surface area contributed by atoms with Gasteiger partial charge in [-0.1, -0.05) is 151 Å². The summed E-state index contributed by atoms with van der Waals surface area (Å²) in [4.78, 5) is 20.7. The van der Waals surface area contributed by atoms with E-state index in [1.807, 2.05) is 90.0 Å². The van der Waals surface area contributed by atoms with E-state index in [0.29, 0.717) is 17.9 Å². The summed E-state index contributed by atoms with van der Waals surface area (Å²) < 4.78 is 12.7. The number of nitro groups is 2. The molecular weight excluding hydrogens is 773 g/mol. The molecule has 0 bridgehead atoms. The molecule has 0 heterocycles. The van der Waals surface area contributed by atoms with Crippen LogP contribution in [0, 0.1) is 31.6 Å². The molecule has 0 aliphatic heterocycles. The minimum Gasteiger partial charge on any atom is -0.413 e. The minimum absolute atomic E-state index is 0.00136. The molecule has 0 amide bonds. The summed E-state index contributed by atoms with van der Waals surface area (Å²) in [5.41, 5.74) is 4.52. The standard InChI is InChI=1S/C22H32N2O3Si.C13H22OSi.C10H11NO2.C2H3N/c1-22(2,3)28(4,5)27-24(20-14-10-7-11-15-20)21(18-23(25)26)17-16-19-12-8-6-9-13-19;1-13(2,3)15(4,5)14-11-12-9-7-6-8-10-12;12-11(13)9-5-4-8-10-6-2-1-3-7-10;1-2-3/h6-15,21H,16-18H2,1-5H3;6-10H,11H2,1-5H3;1-3,5-7,9H,4,8H2;1H3/b;;9-5+;. The number of para-hydroxylation sites is 1. The summed E-state index contributed by atoms with van der Waals surface area (Å²) in [6.07, 6.45) is 5.55. The van der Waals surface area contributed by atoms with Gasteiger partial charge in [0.25, 0.3) is 0 Å². The molecule has 0 aliphatic rings. The van der Waals surface area contributed by atoms with E-state index < -0.39 is 21.6 Å². The Kier molecular flexibility index (Phi) is 23.1. The maximum atomic E-state index is 11.5. The van der Waals surface area contributed by atoms with E-state index >= 15 is 0 Å². The molecule has 0 aliphatic carbocycles. The summed E-state index contributed by atoms with van der Waals surface area (Å²) in [7, 11) is -3.76. The van der Waals surface area contributed by atoms with Crippen LogP contribution in [0.1, 0.15) is 78.0 Å². The van der Waals surface area contributed by atoms with Gasteiger partial charge < -0.3 is 8.95 Å². The predicted octanol–water partition coefficient (Wildman–Crippen LogP) is 12.9. The first kappa shape index (κ1) is 52.1. The molecule has 4 aromatic carbocycles. The second kappa shape index (κ2) is 26.2. The average molecular weight is 841 g/mol. The van der Waals surface area contributed by atoms with Crippen molar-refractivity contribution >= 4 is 22.3 Å². The van der Waals surface area contributed by atoms with Gasteiger partial charge in [-0.2, -0.15) is 5.26 Å². The predicted molar refractivity (Wildman–Crippen MR) is 248 cm³/mol. The highest BCUT2D eigenvalue weighted by Gasteiger charge is 2.42. The van der Waals surface area contributed by atoms with Crippen LogP contribution in [0.4, 0.5) is 5.69 Å². The third-order valence-electron chi connectivity index (χ3n) is 10.4. The maximum absolute atomic E-state index is 11.5. The zero-order valence-electron chi connectivity index (χ0n) is 37.3. The van der Waals surface area contributed by atoms with Gasteiger partial charge >= 0.3 is 0 Å². The van der Waals surface area contributed by atoms with Gasteiger partial charge in [0.05, 0.1) is 23.3 Å². The van der Waals surface area contributed by atoms with Crippen LogP contribution in [-0.4, -0.2) is 39.1 Å². The Balaban J connectivity index is 0.000000470. The molecule has 0 N–H and O–H groups in total. The molecule has 10 nitrogen and oxygen atoms in total. The van der Waals surface area contributed by atoms with E-state index in [4.69, 9.17) is 14.2 Å². The van der Waals surface area contributed by atoms with Crippen molar-refractivity contribution in [2.75, 3.05) is 11.6 Å². The molecule has 0 aromatic heterocycles. The van der Waals surface area contributed by atoms with Crippen LogP contribution in [-0.2, 0) is 28.4 Å². The second-order valence-electron chi connectivity index (χ2n) is 17.2. The molecule has 0 spiro atoms. The van der Waals surface area contributed by atoms with Gasteiger partial charge in [-0.25, -0.2) is 0 Å². The Hall–Kier alpha value is -4.94. The number of rotatable bonds is 16. The lowest BCUT2D eigenvalue weighted by Gasteiger charge is -2.42. The summed E-state index contributed by atoms with van der Waals surface area (Å²) in [6, 6.07) is 41.6. The maximum Gasteiger partial charge on any atom is 0.230 e. The summed E-state index contributed by atoms with van der Waals surface area (Å²) in [6.45, 7) is 24.3. The molecule has 59 heavy (non-hydrogen) atoms. The normalized spacial score (nSPS) is 12.0. The van der Waals surface area contributed by atoms with Crippen LogP contribution in [0.15, 0.2) is 134 Å². The fourth-order valence-electron chi connectivity index (χ4n) is 4.84. The van der Waals surface area contributed by atoms with Gasteiger partial charge in [-0.05, 0) is 96.8 Å². The molecule has 0 radical (unpaired) electrons. The summed E-state index contributed by atoms with van der Waals surface area (Å²) >= 11 is 0. The van der Waals surface area contributed by atoms with Crippen molar-refractivity contribution in [3.63, 3.8) is 0 Å². The van der Waals surface area contributed by atoms with E-state index in [-0.39, 0.29) is 22.5 Å². The molecule has 0 saturated heterocycles. The number of anilines is 1. The fraction of sp³-hybridized carbons (Fsp3) is 0.426. The Morgan fingerprint density at radius 1 is 0.695 bits per heavy atom. The number of nitriles is 1. The molecule has 1 atom stereocenters. The van der Waals surface area contributed by atoms with Crippen molar-refractivity contribution in [3.05, 3.63) is 171 Å². The molecule has 12 heteroatoms. The lowest BCUT2D eigenvalue weighted by atomic mass is 10.0. The number of benzene rings is 4. The van der Waals surface area contributed by atoms with Crippen LogP contribution in [0.25, 0.3) is 0 Å². The summed E-state index contributed by atoms with van der Waals surface area (Å²) in [5, 5.41) is 30.8. The SMILES string of the molecule is CC#N.CC(C)(C)[Si](C)(C)OCc1ccccc1.CC(C)(C)[Si](C)(C)ON(c1ccccc1)C(CCc1ccccc1)C[N+](=O)[O-].O=[N+]([O-])/C=C/CCc1ccccc1. The van der Waals surface area contributed by atoms with E-state index in [9.17, 15) is 20.2 Å². The van der Waals surface area contributed by atoms with E-state index in [0.717, 1.165) is 31.3 Å². The van der Waals surface area contributed by atoms with E-state index in [2.05, 4.69) is 104 Å². The first-order chi connectivity index (χ1) is 27.6. The van der Waals surface area contributed by atoms with Crippen molar-refractivity contribution in [3.8, 4) is 6.07 Å². The van der Waals surface area contributed by atoms with Crippen LogP contribution in [0.5, 0.6) is 0 Å². The molecule has 1 unspecified atom stereocenters. The second-order valence-corrected chi connectivity index (χ2v) is 26.7. The van der Waals surface area contributed by atoms with Crippen molar-refractivity contribution < 1.29 is 18.8 Å². The smallest absolute Gasteiger partial charge is 0.230 e. The van der Waals surface area contributed by atoms with Crippen LogP contribution in [0.2, 0.25) is 36.3 Å². The molecule has 4 rings (SSSR count). The zero-order valence-corrected chi connectivity index (χ0v) is 39.3. The lowest BCUT2D eigenvalue weighted by molar-refractivity contribution is -0.483. The molecule has 0 fully saturated rings. The highest BCUT2D eigenvalue weighted by molar-refractivity contribution is 6.74. The van der Waals surface area contributed by atoms with Crippen molar-refractivity contribution in [2.45, 2.75) is 123 Å². The van der Waals surface area contributed by atoms with Crippen molar-refractivity contribution in [2.24, 2.45) is 0 Å². The van der Waals surface area contributed by atoms with E-state index in [1.54, 1.807) is 12.1 Å². The quantitative estimate of drug-likeness (QED) is 0.0619. The molecular formula is C47H68N4O6Si2.